The third-order valence-electron chi connectivity index (χ3n) is 5.50. The van der Waals surface area contributed by atoms with Crippen LogP contribution in [0.25, 0.3) is 0 Å². The number of anilines is 2. The van der Waals surface area contributed by atoms with Gasteiger partial charge in [0.05, 0.1) is 5.56 Å². The van der Waals surface area contributed by atoms with Crippen LogP contribution in [0.4, 0.5) is 24.9 Å². The summed E-state index contributed by atoms with van der Waals surface area (Å²) >= 11 is 0. The molecule has 0 bridgehead atoms. The summed E-state index contributed by atoms with van der Waals surface area (Å²) in [7, 11) is 3.87. The molecule has 0 saturated heterocycles. The Morgan fingerprint density at radius 1 is 1.10 bits per heavy atom. The van der Waals surface area contributed by atoms with Crippen LogP contribution in [0.3, 0.4) is 0 Å². The third-order valence-corrected chi connectivity index (χ3v) is 5.50. The molecule has 1 aliphatic rings. The number of benzene rings is 1. The first kappa shape index (κ1) is 22.8. The predicted molar refractivity (Wildman–Crippen MR) is 114 cm³/mol. The van der Waals surface area contributed by atoms with Gasteiger partial charge in [0.15, 0.2) is 0 Å². The molecule has 168 valence electrons. The van der Waals surface area contributed by atoms with Crippen molar-refractivity contribution in [1.82, 2.24) is 15.3 Å². The van der Waals surface area contributed by atoms with Crippen LogP contribution < -0.4 is 15.5 Å². The Bertz CT molecular complexity index is 891. The normalized spacial score (nSPS) is 19.0. The average molecular weight is 435 g/mol. The Morgan fingerprint density at radius 3 is 2.32 bits per heavy atom. The fourth-order valence-corrected chi connectivity index (χ4v) is 3.69. The van der Waals surface area contributed by atoms with E-state index in [1.54, 1.807) is 0 Å². The molecule has 0 aliphatic heterocycles. The highest BCUT2D eigenvalue weighted by molar-refractivity contribution is 5.94. The van der Waals surface area contributed by atoms with E-state index in [9.17, 15) is 18.0 Å². The number of rotatable bonds is 6. The summed E-state index contributed by atoms with van der Waals surface area (Å²) in [6, 6.07) is 6.27. The highest BCUT2D eigenvalue weighted by Crippen LogP contribution is 2.29. The van der Waals surface area contributed by atoms with Gasteiger partial charge in [-0.05, 0) is 62.8 Å². The molecule has 3 rings (SSSR count). The maximum Gasteiger partial charge on any atom is 0.416 e. The van der Waals surface area contributed by atoms with Crippen molar-refractivity contribution in [1.29, 1.82) is 0 Å². The summed E-state index contributed by atoms with van der Waals surface area (Å²) in [4.78, 5) is 23.2. The summed E-state index contributed by atoms with van der Waals surface area (Å²) < 4.78 is 38.0. The molecule has 1 aliphatic carbocycles. The molecule has 1 saturated carbocycles. The third kappa shape index (κ3) is 6.32. The molecule has 0 spiro atoms. The second-order valence-corrected chi connectivity index (χ2v) is 8.23. The molecule has 2 aromatic rings. The summed E-state index contributed by atoms with van der Waals surface area (Å²) in [5.74, 6) is 1.58. The number of hydrogen-bond acceptors (Lipinski definition) is 5. The van der Waals surface area contributed by atoms with E-state index in [0.717, 1.165) is 55.9 Å². The van der Waals surface area contributed by atoms with Crippen molar-refractivity contribution < 1.29 is 18.0 Å². The monoisotopic (exact) mass is 435 g/mol. The first-order chi connectivity index (χ1) is 14.6. The Morgan fingerprint density at radius 2 is 1.74 bits per heavy atom. The van der Waals surface area contributed by atoms with Gasteiger partial charge >= 0.3 is 6.18 Å². The number of nitrogens with zero attached hydrogens (tertiary/aromatic N) is 3. The van der Waals surface area contributed by atoms with Gasteiger partial charge in [-0.3, -0.25) is 4.79 Å². The standard InChI is InChI=1S/C22H28F3N5O/c1-14-12-19(30(2)3)29-21(27-14)26-13-15-4-10-18(11-5-15)28-20(31)16-6-8-17(9-7-16)22(23,24)25/h6-9,12,15,18H,4-5,10-11,13H2,1-3H3,(H,28,31)(H,26,27,29). The van der Waals surface area contributed by atoms with Crippen LogP contribution in [-0.2, 0) is 6.18 Å². The maximum absolute atomic E-state index is 12.7. The number of amides is 1. The van der Waals surface area contributed by atoms with Gasteiger partial charge in [-0.2, -0.15) is 18.2 Å². The zero-order chi connectivity index (χ0) is 22.6. The number of carbonyl (C=O) groups is 1. The highest BCUT2D eigenvalue weighted by atomic mass is 19.4. The molecule has 0 unspecified atom stereocenters. The van der Waals surface area contributed by atoms with Crippen molar-refractivity contribution in [3.63, 3.8) is 0 Å². The molecule has 0 radical (unpaired) electrons. The molecule has 0 atom stereocenters. The van der Waals surface area contributed by atoms with Crippen LogP contribution in [0.5, 0.6) is 0 Å². The highest BCUT2D eigenvalue weighted by Gasteiger charge is 2.30. The lowest BCUT2D eigenvalue weighted by Gasteiger charge is -2.29. The van der Waals surface area contributed by atoms with Gasteiger partial charge in [0, 0.05) is 44.0 Å². The zero-order valence-electron chi connectivity index (χ0n) is 18.0. The number of aromatic nitrogens is 2. The van der Waals surface area contributed by atoms with E-state index < -0.39 is 11.7 Å². The number of nitrogens with one attached hydrogen (secondary N) is 2. The largest absolute Gasteiger partial charge is 0.416 e. The summed E-state index contributed by atoms with van der Waals surface area (Å²) in [5.41, 5.74) is 0.383. The van der Waals surface area contributed by atoms with Gasteiger partial charge in [-0.15, -0.1) is 0 Å². The first-order valence-corrected chi connectivity index (χ1v) is 10.4. The molecule has 1 amide bonds. The molecular formula is C22H28F3N5O. The van der Waals surface area contributed by atoms with E-state index >= 15 is 0 Å². The minimum atomic E-state index is -4.40. The fourth-order valence-electron chi connectivity index (χ4n) is 3.69. The topological polar surface area (TPSA) is 70.2 Å². The van der Waals surface area contributed by atoms with Crippen LogP contribution in [0, 0.1) is 12.8 Å². The summed E-state index contributed by atoms with van der Waals surface area (Å²) in [6.07, 6.45) is -0.861. The first-order valence-electron chi connectivity index (χ1n) is 10.4. The molecule has 1 aromatic carbocycles. The van der Waals surface area contributed by atoms with E-state index in [4.69, 9.17) is 0 Å². The van der Waals surface area contributed by atoms with Crippen LogP contribution in [-0.4, -0.2) is 42.6 Å². The van der Waals surface area contributed by atoms with E-state index in [2.05, 4.69) is 20.6 Å². The number of carbonyl (C=O) groups excluding carboxylic acids is 1. The van der Waals surface area contributed by atoms with Gasteiger partial charge in [0.25, 0.3) is 5.91 Å². The molecule has 2 N–H and O–H groups in total. The lowest BCUT2D eigenvalue weighted by molar-refractivity contribution is -0.137. The van der Waals surface area contributed by atoms with Crippen LogP contribution in [0.15, 0.2) is 30.3 Å². The zero-order valence-corrected chi connectivity index (χ0v) is 18.0. The minimum Gasteiger partial charge on any atom is -0.363 e. The molecule has 1 fully saturated rings. The minimum absolute atomic E-state index is 0.0293. The molecule has 1 aromatic heterocycles. The van der Waals surface area contributed by atoms with Crippen LogP contribution in [0.1, 0.15) is 47.3 Å². The van der Waals surface area contributed by atoms with E-state index in [0.29, 0.717) is 11.9 Å². The van der Waals surface area contributed by atoms with Crippen LogP contribution >= 0.6 is 0 Å². The molecule has 9 heteroatoms. The summed E-state index contributed by atoms with van der Waals surface area (Å²) in [5, 5.41) is 6.27. The van der Waals surface area contributed by atoms with Crippen LogP contribution in [0.2, 0.25) is 0 Å². The maximum atomic E-state index is 12.7. The van der Waals surface area contributed by atoms with Gasteiger partial charge in [-0.25, -0.2) is 4.98 Å². The van der Waals surface area contributed by atoms with Crippen molar-refractivity contribution in [3.05, 3.63) is 47.2 Å². The number of alkyl halides is 3. The molecule has 1 heterocycles. The Hall–Kier alpha value is -2.84. The van der Waals surface area contributed by atoms with Crippen molar-refractivity contribution >= 4 is 17.7 Å². The second kappa shape index (κ2) is 9.53. The Labute approximate surface area is 180 Å². The second-order valence-electron chi connectivity index (χ2n) is 8.23. The van der Waals surface area contributed by atoms with Gasteiger partial charge < -0.3 is 15.5 Å². The number of halogens is 3. The smallest absolute Gasteiger partial charge is 0.363 e. The van der Waals surface area contributed by atoms with Gasteiger partial charge in [0.1, 0.15) is 5.82 Å². The Balaban J connectivity index is 1.46. The molecule has 6 nitrogen and oxygen atoms in total. The van der Waals surface area contributed by atoms with Crippen molar-refractivity contribution in [2.75, 3.05) is 30.9 Å². The quantitative estimate of drug-likeness (QED) is 0.709. The van der Waals surface area contributed by atoms with E-state index in [1.165, 1.54) is 12.1 Å². The summed E-state index contributed by atoms with van der Waals surface area (Å²) in [6.45, 7) is 2.69. The van der Waals surface area contributed by atoms with Crippen molar-refractivity contribution in [2.24, 2.45) is 5.92 Å². The molecule has 31 heavy (non-hydrogen) atoms. The lowest BCUT2D eigenvalue weighted by atomic mass is 9.86. The van der Waals surface area contributed by atoms with E-state index in [-0.39, 0.29) is 17.5 Å². The SMILES string of the molecule is Cc1cc(N(C)C)nc(NCC2CCC(NC(=O)c3ccc(C(F)(F)F)cc3)CC2)n1. The Kier molecular flexibility index (Phi) is 7.02. The predicted octanol–water partition coefficient (Wildman–Crippen LogP) is 4.27. The van der Waals surface area contributed by atoms with Crippen molar-refractivity contribution in [3.8, 4) is 0 Å². The number of aryl methyl sites for hydroxylation is 1. The van der Waals surface area contributed by atoms with Gasteiger partial charge in [0.2, 0.25) is 5.95 Å². The lowest BCUT2D eigenvalue weighted by Crippen LogP contribution is -2.38. The fraction of sp³-hybridized carbons (Fsp3) is 0.500. The number of hydrogen-bond donors (Lipinski definition) is 2. The van der Waals surface area contributed by atoms with E-state index in [1.807, 2.05) is 32.0 Å². The molecular weight excluding hydrogens is 407 g/mol. The average Bonchev–Trinajstić information content (AvgIpc) is 2.72. The van der Waals surface area contributed by atoms with Gasteiger partial charge in [-0.1, -0.05) is 0 Å². The van der Waals surface area contributed by atoms with Crippen molar-refractivity contribution in [2.45, 2.75) is 44.8 Å².